The Kier molecular flexibility index (Phi) is 5.20. The van der Waals surface area contributed by atoms with Gasteiger partial charge in [-0.15, -0.1) is 0 Å². The summed E-state index contributed by atoms with van der Waals surface area (Å²) in [6.07, 6.45) is 5.01. The average molecular weight is 490 g/mol. The maximum Gasteiger partial charge on any atom is 0.249 e. The molecule has 162 valence electrons. The highest BCUT2D eigenvalue weighted by molar-refractivity contribution is 6.38. The lowest BCUT2D eigenvalue weighted by Gasteiger charge is -2.30. The number of hydrogen-bond acceptors (Lipinski definition) is 5. The van der Waals surface area contributed by atoms with Crippen LogP contribution in [-0.2, 0) is 14.4 Å². The van der Waals surface area contributed by atoms with Gasteiger partial charge in [-0.1, -0.05) is 40.9 Å². The Bertz CT molecular complexity index is 1200. The highest BCUT2D eigenvalue weighted by Gasteiger charge is 2.64. The van der Waals surface area contributed by atoms with Gasteiger partial charge in [0.15, 0.2) is 0 Å². The van der Waals surface area contributed by atoms with Gasteiger partial charge in [0, 0.05) is 21.9 Å². The van der Waals surface area contributed by atoms with Crippen LogP contribution in [0.3, 0.4) is 0 Å². The Morgan fingerprint density at radius 3 is 2.34 bits per heavy atom. The normalized spacial score (nSPS) is 25.8. The second-order valence-electron chi connectivity index (χ2n) is 7.62. The number of imide groups is 1. The first kappa shape index (κ1) is 21.0. The molecule has 2 saturated heterocycles. The summed E-state index contributed by atoms with van der Waals surface area (Å²) in [5.41, 5.74) is 0.762. The molecule has 0 spiro atoms. The number of carbonyl (C=O) groups excluding carboxylic acids is 3. The van der Waals surface area contributed by atoms with Gasteiger partial charge in [0.2, 0.25) is 17.7 Å². The van der Waals surface area contributed by atoms with E-state index in [0.717, 1.165) is 4.90 Å². The number of allylic oxidation sites excluding steroid dienone is 1. The van der Waals surface area contributed by atoms with Gasteiger partial charge in [-0.3, -0.25) is 19.4 Å². The Hall–Kier alpha value is -2.87. The molecule has 0 bridgehead atoms. The minimum Gasteiger partial charge on any atom is -0.324 e. The topological polar surface area (TPSA) is 82.1 Å². The van der Waals surface area contributed by atoms with Gasteiger partial charge in [0.1, 0.15) is 6.04 Å². The zero-order chi connectivity index (χ0) is 22.6. The molecule has 32 heavy (non-hydrogen) atoms. The van der Waals surface area contributed by atoms with E-state index in [2.05, 4.69) is 10.4 Å². The third-order valence-corrected chi connectivity index (χ3v) is 6.61. The second kappa shape index (κ2) is 7.92. The van der Waals surface area contributed by atoms with Crippen molar-refractivity contribution in [3.8, 4) is 0 Å². The van der Waals surface area contributed by atoms with Crippen molar-refractivity contribution in [2.45, 2.75) is 12.1 Å². The lowest BCUT2D eigenvalue weighted by molar-refractivity contribution is -0.129. The number of rotatable bonds is 3. The highest BCUT2D eigenvalue weighted by Crippen LogP contribution is 2.46. The molecule has 3 amide bonds. The van der Waals surface area contributed by atoms with Crippen molar-refractivity contribution in [1.82, 2.24) is 5.01 Å². The number of fused-ring (bicyclic) bond motifs is 3. The van der Waals surface area contributed by atoms with Crippen LogP contribution in [0.4, 0.5) is 11.4 Å². The maximum absolute atomic E-state index is 13.5. The molecule has 2 aromatic carbocycles. The van der Waals surface area contributed by atoms with Gasteiger partial charge in [0.25, 0.3) is 0 Å². The van der Waals surface area contributed by atoms with Crippen LogP contribution < -0.4 is 10.2 Å². The maximum atomic E-state index is 13.5. The number of anilines is 2. The van der Waals surface area contributed by atoms with E-state index in [1.165, 1.54) is 23.4 Å². The SMILES string of the molecule is O=C(Nc1ccc(Cl)cc1)[C@@H]1[C@@H]2C(=O)N(c3ccc(Cl)cc3Cl)C(=O)[C@H]2[C@@H]2C=CC=NN12. The summed E-state index contributed by atoms with van der Waals surface area (Å²) in [5.74, 6) is -3.07. The van der Waals surface area contributed by atoms with E-state index in [9.17, 15) is 14.4 Å². The minimum atomic E-state index is -0.977. The molecule has 10 heteroatoms. The van der Waals surface area contributed by atoms with Crippen LogP contribution in [0.25, 0.3) is 0 Å². The predicted octanol–water partition coefficient (Wildman–Crippen LogP) is 4.00. The molecule has 5 rings (SSSR count). The standard InChI is InChI=1S/C22H15Cl3N4O3/c23-11-3-6-13(7-4-11)27-20(30)19-18-17(16-2-1-9-26-29(16)19)21(31)28(22(18)32)15-8-5-12(24)10-14(15)25/h1-10,16-19H,(H,27,30)/t16-,17-,18+,19-/m0/s1. The Morgan fingerprint density at radius 1 is 0.938 bits per heavy atom. The van der Waals surface area contributed by atoms with E-state index in [4.69, 9.17) is 34.8 Å². The van der Waals surface area contributed by atoms with Gasteiger partial charge < -0.3 is 5.32 Å². The predicted molar refractivity (Wildman–Crippen MR) is 123 cm³/mol. The van der Waals surface area contributed by atoms with Gasteiger partial charge >= 0.3 is 0 Å². The fourth-order valence-electron chi connectivity index (χ4n) is 4.49. The first-order chi connectivity index (χ1) is 15.4. The number of carbonyl (C=O) groups is 3. The number of hydrogen-bond donors (Lipinski definition) is 1. The molecule has 1 N–H and O–H groups in total. The largest absolute Gasteiger partial charge is 0.324 e. The fourth-order valence-corrected chi connectivity index (χ4v) is 5.11. The lowest BCUT2D eigenvalue weighted by atomic mass is 9.88. The summed E-state index contributed by atoms with van der Waals surface area (Å²) in [7, 11) is 0. The molecule has 0 unspecified atom stereocenters. The molecule has 0 saturated carbocycles. The van der Waals surface area contributed by atoms with Crippen LogP contribution in [0.2, 0.25) is 15.1 Å². The van der Waals surface area contributed by atoms with Crippen molar-refractivity contribution in [2.24, 2.45) is 16.9 Å². The number of nitrogens with zero attached hydrogens (tertiary/aromatic N) is 3. The number of nitrogens with one attached hydrogen (secondary N) is 1. The molecule has 3 aliphatic heterocycles. The van der Waals surface area contributed by atoms with E-state index in [0.29, 0.717) is 15.7 Å². The van der Waals surface area contributed by atoms with Crippen molar-refractivity contribution in [2.75, 3.05) is 10.2 Å². The van der Waals surface area contributed by atoms with Gasteiger partial charge in [-0.25, -0.2) is 4.90 Å². The van der Waals surface area contributed by atoms with Gasteiger partial charge in [-0.2, -0.15) is 5.10 Å². The number of amides is 3. The Balaban J connectivity index is 1.52. The fraction of sp³-hybridized carbons (Fsp3) is 0.182. The van der Waals surface area contributed by atoms with E-state index in [1.54, 1.807) is 42.5 Å². The molecule has 3 aliphatic rings. The third kappa shape index (κ3) is 3.28. The van der Waals surface area contributed by atoms with Crippen molar-refractivity contribution in [3.05, 3.63) is 69.7 Å². The average Bonchev–Trinajstić information content (AvgIpc) is 3.23. The van der Waals surface area contributed by atoms with Crippen molar-refractivity contribution < 1.29 is 14.4 Å². The molecular formula is C22H15Cl3N4O3. The summed E-state index contributed by atoms with van der Waals surface area (Å²) in [5, 5.41) is 9.72. The molecule has 7 nitrogen and oxygen atoms in total. The van der Waals surface area contributed by atoms with Crippen molar-refractivity contribution >= 4 is 70.1 Å². The quantitative estimate of drug-likeness (QED) is 0.661. The molecule has 2 fully saturated rings. The molecular weight excluding hydrogens is 475 g/mol. The van der Waals surface area contributed by atoms with Crippen LogP contribution in [0, 0.1) is 11.8 Å². The Morgan fingerprint density at radius 2 is 1.62 bits per heavy atom. The summed E-state index contributed by atoms with van der Waals surface area (Å²) in [6.45, 7) is 0. The van der Waals surface area contributed by atoms with Gasteiger partial charge in [-0.05, 0) is 48.5 Å². The summed E-state index contributed by atoms with van der Waals surface area (Å²) >= 11 is 18.2. The van der Waals surface area contributed by atoms with Crippen LogP contribution in [-0.4, -0.2) is 41.0 Å². The van der Waals surface area contributed by atoms with Crippen LogP contribution >= 0.6 is 34.8 Å². The first-order valence-corrected chi connectivity index (χ1v) is 10.9. The number of halogens is 3. The molecule has 0 radical (unpaired) electrons. The summed E-state index contributed by atoms with van der Waals surface area (Å²) < 4.78 is 0. The monoisotopic (exact) mass is 488 g/mol. The van der Waals surface area contributed by atoms with Crippen molar-refractivity contribution in [3.63, 3.8) is 0 Å². The molecule has 2 aromatic rings. The van der Waals surface area contributed by atoms with Crippen LogP contribution in [0.15, 0.2) is 59.7 Å². The smallest absolute Gasteiger partial charge is 0.249 e. The zero-order valence-electron chi connectivity index (χ0n) is 16.3. The molecule has 3 heterocycles. The third-order valence-electron chi connectivity index (χ3n) is 5.82. The van der Waals surface area contributed by atoms with Crippen molar-refractivity contribution in [1.29, 1.82) is 0 Å². The van der Waals surface area contributed by atoms with Gasteiger partial charge in [0.05, 0.1) is 28.6 Å². The Labute approximate surface area is 198 Å². The highest BCUT2D eigenvalue weighted by atomic mass is 35.5. The first-order valence-electron chi connectivity index (χ1n) is 9.75. The van der Waals surface area contributed by atoms with E-state index in [1.807, 2.05) is 0 Å². The molecule has 0 aromatic heterocycles. The van der Waals surface area contributed by atoms with E-state index in [-0.39, 0.29) is 10.7 Å². The summed E-state index contributed by atoms with van der Waals surface area (Å²) in [4.78, 5) is 41.3. The van der Waals surface area contributed by atoms with E-state index < -0.39 is 41.6 Å². The van der Waals surface area contributed by atoms with Crippen LogP contribution in [0.5, 0.6) is 0 Å². The second-order valence-corrected chi connectivity index (χ2v) is 8.90. The number of hydrazone groups is 1. The minimum absolute atomic E-state index is 0.176. The molecule has 4 atom stereocenters. The lowest BCUT2D eigenvalue weighted by Crippen LogP contribution is -2.47. The number of benzene rings is 2. The summed E-state index contributed by atoms with van der Waals surface area (Å²) in [6, 6.07) is 9.65. The zero-order valence-corrected chi connectivity index (χ0v) is 18.6. The van der Waals surface area contributed by atoms with Crippen LogP contribution in [0.1, 0.15) is 0 Å². The molecule has 0 aliphatic carbocycles. The van der Waals surface area contributed by atoms with E-state index >= 15 is 0 Å².